The van der Waals surface area contributed by atoms with E-state index in [1.807, 2.05) is 0 Å². The van der Waals surface area contributed by atoms with Crippen molar-refractivity contribution < 1.29 is 19.2 Å². The first kappa shape index (κ1) is 11.8. The minimum atomic E-state index is -0.648. The third-order valence-corrected chi connectivity index (χ3v) is 1.73. The Morgan fingerprint density at radius 2 is 2.20 bits per heavy atom. The predicted molar refractivity (Wildman–Crippen MR) is 51.9 cm³/mol. The summed E-state index contributed by atoms with van der Waals surface area (Å²) in [5.41, 5.74) is -0.571. The van der Waals surface area contributed by atoms with E-state index in [1.165, 1.54) is 7.05 Å². The normalized spacial score (nSPS) is 21.7. The van der Waals surface area contributed by atoms with Crippen molar-refractivity contribution >= 4 is 12.0 Å². The fourth-order valence-corrected chi connectivity index (χ4v) is 1.09. The third-order valence-electron chi connectivity index (χ3n) is 1.73. The first-order chi connectivity index (χ1) is 6.79. The molecule has 2 amide bonds. The Labute approximate surface area is 88.5 Å². The molecule has 0 aromatic rings. The number of rotatable bonds is 1. The van der Waals surface area contributed by atoms with Crippen molar-refractivity contribution in [2.24, 2.45) is 0 Å². The maximum atomic E-state index is 11.3. The van der Waals surface area contributed by atoms with Crippen LogP contribution in [0.1, 0.15) is 20.8 Å². The Morgan fingerprint density at radius 3 is 2.60 bits per heavy atom. The van der Waals surface area contributed by atoms with Crippen LogP contribution in [0.5, 0.6) is 0 Å². The summed E-state index contributed by atoms with van der Waals surface area (Å²) >= 11 is 0. The molecule has 0 spiro atoms. The van der Waals surface area contributed by atoms with Gasteiger partial charge in [-0.2, -0.15) is 0 Å². The van der Waals surface area contributed by atoms with Crippen LogP contribution >= 0.6 is 0 Å². The van der Waals surface area contributed by atoms with E-state index in [9.17, 15) is 9.59 Å². The smallest absolute Gasteiger partial charge is 0.408 e. The van der Waals surface area contributed by atoms with Crippen molar-refractivity contribution in [2.45, 2.75) is 32.4 Å². The highest BCUT2D eigenvalue weighted by molar-refractivity contribution is 5.86. The van der Waals surface area contributed by atoms with Crippen molar-refractivity contribution in [1.82, 2.24) is 10.4 Å². The molecule has 1 saturated heterocycles. The molecule has 0 aliphatic carbocycles. The maximum absolute atomic E-state index is 11.3. The van der Waals surface area contributed by atoms with Gasteiger partial charge < -0.3 is 10.1 Å². The van der Waals surface area contributed by atoms with Gasteiger partial charge in [-0.1, -0.05) is 0 Å². The van der Waals surface area contributed by atoms with Crippen LogP contribution in [0.2, 0.25) is 0 Å². The number of hydroxylamine groups is 2. The molecule has 0 saturated carbocycles. The minimum Gasteiger partial charge on any atom is -0.444 e. The van der Waals surface area contributed by atoms with Crippen molar-refractivity contribution in [3.8, 4) is 0 Å². The van der Waals surface area contributed by atoms with E-state index in [0.717, 1.165) is 5.06 Å². The van der Waals surface area contributed by atoms with Crippen LogP contribution in [0.4, 0.5) is 4.79 Å². The lowest BCUT2D eigenvalue weighted by molar-refractivity contribution is -0.154. The second kappa shape index (κ2) is 4.06. The van der Waals surface area contributed by atoms with Gasteiger partial charge in [0.05, 0.1) is 0 Å². The monoisotopic (exact) mass is 216 g/mol. The molecule has 1 fully saturated rings. The van der Waals surface area contributed by atoms with Crippen molar-refractivity contribution in [1.29, 1.82) is 0 Å². The van der Waals surface area contributed by atoms with Crippen LogP contribution in [0.25, 0.3) is 0 Å². The van der Waals surface area contributed by atoms with Gasteiger partial charge in [0.1, 0.15) is 18.2 Å². The van der Waals surface area contributed by atoms with E-state index in [-0.39, 0.29) is 12.5 Å². The molecule has 6 nitrogen and oxygen atoms in total. The fraction of sp³-hybridized carbons (Fsp3) is 0.778. The summed E-state index contributed by atoms with van der Waals surface area (Å²) in [4.78, 5) is 27.6. The standard InChI is InChI=1S/C9H16N2O4/c1-9(2,3)15-8(13)10-6-5-14-11(4)7(6)12/h6H,5H2,1-4H3,(H,10,13)/t6-/m1/s1. The molecular weight excluding hydrogens is 200 g/mol. The quantitative estimate of drug-likeness (QED) is 0.683. The van der Waals surface area contributed by atoms with E-state index in [4.69, 9.17) is 9.57 Å². The van der Waals surface area contributed by atoms with Gasteiger partial charge in [0, 0.05) is 7.05 Å². The molecule has 15 heavy (non-hydrogen) atoms. The van der Waals surface area contributed by atoms with Gasteiger partial charge >= 0.3 is 6.09 Å². The highest BCUT2D eigenvalue weighted by Gasteiger charge is 2.33. The highest BCUT2D eigenvalue weighted by Crippen LogP contribution is 2.09. The molecule has 0 radical (unpaired) electrons. The lowest BCUT2D eigenvalue weighted by atomic mass is 10.2. The van der Waals surface area contributed by atoms with Crippen LogP contribution in [-0.2, 0) is 14.4 Å². The van der Waals surface area contributed by atoms with E-state index >= 15 is 0 Å². The number of nitrogens with zero attached hydrogens (tertiary/aromatic N) is 1. The molecule has 1 aliphatic heterocycles. The number of hydrogen-bond donors (Lipinski definition) is 1. The number of alkyl carbamates (subject to hydrolysis) is 1. The maximum Gasteiger partial charge on any atom is 0.408 e. The second-order valence-corrected chi connectivity index (χ2v) is 4.33. The number of hydrogen-bond acceptors (Lipinski definition) is 4. The zero-order valence-electron chi connectivity index (χ0n) is 9.36. The van der Waals surface area contributed by atoms with Crippen LogP contribution in [0.15, 0.2) is 0 Å². The Bertz CT molecular complexity index is 272. The Morgan fingerprint density at radius 1 is 1.60 bits per heavy atom. The van der Waals surface area contributed by atoms with E-state index < -0.39 is 17.7 Å². The number of carbonyl (C=O) groups is 2. The molecule has 0 aromatic carbocycles. The van der Waals surface area contributed by atoms with Crippen LogP contribution in [0, 0.1) is 0 Å². The Hall–Kier alpha value is -1.30. The van der Waals surface area contributed by atoms with Crippen molar-refractivity contribution in [3.05, 3.63) is 0 Å². The molecule has 86 valence electrons. The summed E-state index contributed by atoms with van der Waals surface area (Å²) < 4.78 is 5.01. The number of ether oxygens (including phenoxy) is 1. The van der Waals surface area contributed by atoms with Crippen LogP contribution < -0.4 is 5.32 Å². The van der Waals surface area contributed by atoms with Gasteiger partial charge in [0.25, 0.3) is 5.91 Å². The van der Waals surface area contributed by atoms with Gasteiger partial charge in [-0.25, -0.2) is 9.86 Å². The third kappa shape index (κ3) is 3.39. The summed E-state index contributed by atoms with van der Waals surface area (Å²) in [5, 5.41) is 3.54. The van der Waals surface area contributed by atoms with Gasteiger partial charge in [-0.05, 0) is 20.8 Å². The van der Waals surface area contributed by atoms with Gasteiger partial charge in [-0.3, -0.25) is 9.63 Å². The zero-order chi connectivity index (χ0) is 11.6. The molecule has 1 heterocycles. The fourth-order valence-electron chi connectivity index (χ4n) is 1.09. The van der Waals surface area contributed by atoms with Gasteiger partial charge in [0.2, 0.25) is 0 Å². The van der Waals surface area contributed by atoms with Crippen molar-refractivity contribution in [2.75, 3.05) is 13.7 Å². The molecule has 1 N–H and O–H groups in total. The molecule has 0 aromatic heterocycles. The number of nitrogens with one attached hydrogen (secondary N) is 1. The lowest BCUT2D eigenvalue weighted by Crippen LogP contribution is -2.44. The van der Waals surface area contributed by atoms with Crippen LogP contribution in [0.3, 0.4) is 0 Å². The largest absolute Gasteiger partial charge is 0.444 e. The Balaban J connectivity index is 2.43. The number of amides is 2. The Kier molecular flexibility index (Phi) is 3.18. The summed E-state index contributed by atoms with van der Waals surface area (Å²) in [5.74, 6) is -0.277. The molecule has 0 bridgehead atoms. The highest BCUT2D eigenvalue weighted by atomic mass is 16.7. The molecule has 0 unspecified atom stereocenters. The number of carbonyl (C=O) groups excluding carboxylic acids is 2. The molecule has 1 rings (SSSR count). The van der Waals surface area contributed by atoms with Crippen molar-refractivity contribution in [3.63, 3.8) is 0 Å². The number of likely N-dealkylation sites (N-methyl/N-ethyl adjacent to an activating group) is 1. The predicted octanol–water partition coefficient (Wildman–Crippen LogP) is 0.283. The molecule has 6 heteroatoms. The lowest BCUT2D eigenvalue weighted by Gasteiger charge is -2.20. The van der Waals surface area contributed by atoms with Crippen LogP contribution in [-0.4, -0.2) is 42.4 Å². The summed E-state index contributed by atoms with van der Waals surface area (Å²) in [7, 11) is 1.50. The summed E-state index contributed by atoms with van der Waals surface area (Å²) in [6.45, 7) is 5.41. The van der Waals surface area contributed by atoms with Gasteiger partial charge in [-0.15, -0.1) is 0 Å². The summed E-state index contributed by atoms with van der Waals surface area (Å²) in [6, 6.07) is -0.648. The summed E-state index contributed by atoms with van der Waals surface area (Å²) in [6.07, 6.45) is -0.611. The molecular formula is C9H16N2O4. The van der Waals surface area contributed by atoms with E-state index in [0.29, 0.717) is 0 Å². The average molecular weight is 216 g/mol. The molecule has 1 aliphatic rings. The van der Waals surface area contributed by atoms with Gasteiger partial charge in [0.15, 0.2) is 0 Å². The average Bonchev–Trinajstić information content (AvgIpc) is 2.32. The minimum absolute atomic E-state index is 0.147. The SMILES string of the molecule is CN1OC[C@@H](NC(=O)OC(C)(C)C)C1=O. The first-order valence-electron chi connectivity index (χ1n) is 4.69. The topological polar surface area (TPSA) is 67.9 Å². The molecule has 1 atom stereocenters. The second-order valence-electron chi connectivity index (χ2n) is 4.33. The van der Waals surface area contributed by atoms with E-state index in [1.54, 1.807) is 20.8 Å². The first-order valence-corrected chi connectivity index (χ1v) is 4.69. The zero-order valence-corrected chi connectivity index (χ0v) is 9.36. The van der Waals surface area contributed by atoms with E-state index in [2.05, 4.69) is 5.32 Å².